The van der Waals surface area contributed by atoms with E-state index in [4.69, 9.17) is 5.73 Å². The molecule has 0 spiro atoms. The lowest BCUT2D eigenvalue weighted by atomic mass is 10.8. The first-order valence-corrected chi connectivity index (χ1v) is 5.76. The van der Waals surface area contributed by atoms with Gasteiger partial charge < -0.3 is 5.73 Å². The van der Waals surface area contributed by atoms with Crippen molar-refractivity contribution in [3.63, 3.8) is 0 Å². The molecule has 0 radical (unpaired) electrons. The Bertz CT molecular complexity index is 628. The van der Waals surface area contributed by atoms with E-state index in [1.165, 1.54) is 34.0 Å². The van der Waals surface area contributed by atoms with Gasteiger partial charge in [-0.2, -0.15) is 4.98 Å². The smallest absolute Gasteiger partial charge is 0.339 e. The van der Waals surface area contributed by atoms with E-state index in [2.05, 4.69) is 15.1 Å². The number of aromatic amines is 1. The fourth-order valence-corrected chi connectivity index (χ4v) is 2.61. The van der Waals surface area contributed by atoms with E-state index in [0.717, 1.165) is 0 Å². The number of anilines is 1. The Hall–Kier alpha value is -1.61. The molecule has 84 valence electrons. The molecular formula is C7H7N5O2S2. The van der Waals surface area contributed by atoms with Gasteiger partial charge in [-0.05, 0) is 11.8 Å². The van der Waals surface area contributed by atoms with Crippen LogP contribution in [0.15, 0.2) is 25.3 Å². The van der Waals surface area contributed by atoms with Crippen LogP contribution in [-0.2, 0) is 7.05 Å². The highest BCUT2D eigenvalue weighted by molar-refractivity contribution is 8.00. The van der Waals surface area contributed by atoms with Gasteiger partial charge in [-0.3, -0.25) is 19.4 Å². The molecule has 2 aromatic heterocycles. The van der Waals surface area contributed by atoms with Gasteiger partial charge in [0.15, 0.2) is 9.50 Å². The topological polar surface area (TPSA) is 107 Å². The number of hydrogen-bond donors (Lipinski definition) is 2. The molecule has 0 fully saturated rings. The summed E-state index contributed by atoms with van der Waals surface area (Å²) < 4.78 is 2.03. The van der Waals surface area contributed by atoms with E-state index in [-0.39, 0.29) is 0 Å². The second-order valence-electron chi connectivity index (χ2n) is 2.83. The Morgan fingerprint density at radius 2 is 2.31 bits per heavy atom. The van der Waals surface area contributed by atoms with Crippen molar-refractivity contribution in [1.29, 1.82) is 0 Å². The van der Waals surface area contributed by atoms with Crippen molar-refractivity contribution >= 4 is 28.1 Å². The fraction of sp³-hybridized carbons (Fsp3) is 0.143. The van der Waals surface area contributed by atoms with Crippen LogP contribution in [-0.4, -0.2) is 19.7 Å². The van der Waals surface area contributed by atoms with Crippen LogP contribution in [0.2, 0.25) is 0 Å². The molecule has 0 atom stereocenters. The van der Waals surface area contributed by atoms with Crippen molar-refractivity contribution in [3.05, 3.63) is 26.9 Å². The Morgan fingerprint density at radius 1 is 1.56 bits per heavy atom. The highest BCUT2D eigenvalue weighted by atomic mass is 32.2. The molecule has 0 aromatic carbocycles. The van der Waals surface area contributed by atoms with E-state index >= 15 is 0 Å². The quantitative estimate of drug-likeness (QED) is 0.713. The van der Waals surface area contributed by atoms with Gasteiger partial charge in [0, 0.05) is 7.05 Å². The van der Waals surface area contributed by atoms with Crippen LogP contribution in [0.3, 0.4) is 0 Å². The molecule has 0 unspecified atom stereocenters. The predicted molar refractivity (Wildman–Crippen MR) is 60.7 cm³/mol. The van der Waals surface area contributed by atoms with Gasteiger partial charge in [0.2, 0.25) is 0 Å². The van der Waals surface area contributed by atoms with E-state index in [9.17, 15) is 9.59 Å². The van der Waals surface area contributed by atoms with Crippen LogP contribution >= 0.6 is 23.1 Å². The van der Waals surface area contributed by atoms with Gasteiger partial charge >= 0.3 is 11.1 Å². The summed E-state index contributed by atoms with van der Waals surface area (Å²) in [6.45, 7) is 0. The van der Waals surface area contributed by atoms with Crippen molar-refractivity contribution in [1.82, 2.24) is 19.7 Å². The Morgan fingerprint density at radius 3 is 2.94 bits per heavy atom. The first kappa shape index (κ1) is 10.9. The minimum atomic E-state index is -0.815. The molecule has 0 bridgehead atoms. The second kappa shape index (κ2) is 4.10. The van der Waals surface area contributed by atoms with Crippen molar-refractivity contribution < 1.29 is 0 Å². The molecule has 0 saturated heterocycles. The highest BCUT2D eigenvalue weighted by Gasteiger charge is 2.08. The summed E-state index contributed by atoms with van der Waals surface area (Å²) in [4.78, 5) is 29.7. The standard InChI is InChI=1S/C7H7N5O2S2/c1-12-6(10-4(13)5(14)11-12)16-7-9-2-3(8)15-7/h2H,8H2,1H3,(H,11,14). The third-order valence-electron chi connectivity index (χ3n) is 1.63. The van der Waals surface area contributed by atoms with Gasteiger partial charge in [-0.25, -0.2) is 4.98 Å². The molecular weight excluding hydrogens is 250 g/mol. The van der Waals surface area contributed by atoms with E-state index in [1.54, 1.807) is 7.05 Å². The van der Waals surface area contributed by atoms with Crippen LogP contribution in [0.25, 0.3) is 0 Å². The van der Waals surface area contributed by atoms with Crippen LogP contribution in [0.1, 0.15) is 0 Å². The fourth-order valence-electron chi connectivity index (χ4n) is 0.947. The van der Waals surface area contributed by atoms with Crippen molar-refractivity contribution in [2.75, 3.05) is 5.73 Å². The molecule has 2 rings (SSSR count). The predicted octanol–water partition coefficient (Wildman–Crippen LogP) is -0.342. The maximum atomic E-state index is 11.1. The maximum absolute atomic E-state index is 11.1. The Balaban J connectivity index is 2.38. The zero-order valence-corrected chi connectivity index (χ0v) is 9.76. The lowest BCUT2D eigenvalue weighted by Crippen LogP contribution is -2.33. The number of rotatable bonds is 2. The summed E-state index contributed by atoms with van der Waals surface area (Å²) in [7, 11) is 1.59. The first-order valence-electron chi connectivity index (χ1n) is 4.13. The number of aryl methyl sites for hydroxylation is 1. The van der Waals surface area contributed by atoms with Gasteiger partial charge in [0.05, 0.1) is 6.20 Å². The van der Waals surface area contributed by atoms with Gasteiger partial charge in [-0.15, -0.1) is 0 Å². The summed E-state index contributed by atoms with van der Waals surface area (Å²) in [6.07, 6.45) is 1.52. The third-order valence-corrected chi connectivity index (χ3v) is 3.58. The van der Waals surface area contributed by atoms with E-state index in [0.29, 0.717) is 14.5 Å². The SMILES string of the molecule is Cn1[nH]c(=O)c(=O)nc1Sc1ncc(N)s1. The summed E-state index contributed by atoms with van der Waals surface area (Å²) in [5, 5.41) is 3.29. The summed E-state index contributed by atoms with van der Waals surface area (Å²) >= 11 is 2.45. The van der Waals surface area contributed by atoms with Crippen molar-refractivity contribution in [2.45, 2.75) is 9.50 Å². The number of nitrogens with zero attached hydrogens (tertiary/aromatic N) is 3. The molecule has 0 amide bonds. The molecule has 0 saturated carbocycles. The second-order valence-corrected chi connectivity index (χ2v) is 5.11. The monoisotopic (exact) mass is 257 g/mol. The van der Waals surface area contributed by atoms with Crippen LogP contribution < -0.4 is 16.9 Å². The van der Waals surface area contributed by atoms with Crippen LogP contribution in [0, 0.1) is 0 Å². The number of thiazole rings is 1. The van der Waals surface area contributed by atoms with Gasteiger partial charge in [-0.1, -0.05) is 11.3 Å². The van der Waals surface area contributed by atoms with Crippen molar-refractivity contribution in [3.8, 4) is 0 Å². The summed E-state index contributed by atoms with van der Waals surface area (Å²) in [5.41, 5.74) is 3.96. The van der Waals surface area contributed by atoms with E-state index in [1.807, 2.05) is 0 Å². The molecule has 0 aliphatic carbocycles. The number of H-pyrrole nitrogens is 1. The van der Waals surface area contributed by atoms with Crippen LogP contribution in [0.5, 0.6) is 0 Å². The zero-order valence-electron chi connectivity index (χ0n) is 8.13. The van der Waals surface area contributed by atoms with Crippen LogP contribution in [0.4, 0.5) is 5.00 Å². The summed E-state index contributed by atoms with van der Waals surface area (Å²) in [5.74, 6) is 0. The third kappa shape index (κ3) is 2.14. The minimum absolute atomic E-state index is 0.360. The number of hydrogen-bond acceptors (Lipinski definition) is 7. The van der Waals surface area contributed by atoms with E-state index < -0.39 is 11.1 Å². The summed E-state index contributed by atoms with van der Waals surface area (Å²) in [6, 6.07) is 0. The molecule has 9 heteroatoms. The molecule has 16 heavy (non-hydrogen) atoms. The van der Waals surface area contributed by atoms with Gasteiger partial charge in [0.1, 0.15) is 5.00 Å². The molecule has 7 nitrogen and oxygen atoms in total. The maximum Gasteiger partial charge on any atom is 0.339 e. The van der Waals surface area contributed by atoms with Gasteiger partial charge in [0.25, 0.3) is 0 Å². The molecule has 3 N–H and O–H groups in total. The molecule has 2 aromatic rings. The number of nitrogens with two attached hydrogens (primary N) is 1. The lowest BCUT2D eigenvalue weighted by molar-refractivity contribution is 0.596. The average Bonchev–Trinajstić information content (AvgIpc) is 2.60. The zero-order chi connectivity index (χ0) is 11.7. The number of nitrogen functional groups attached to an aromatic ring is 1. The number of aromatic nitrogens is 4. The number of nitrogens with one attached hydrogen (secondary N) is 1. The Kier molecular flexibility index (Phi) is 2.79. The molecule has 2 heterocycles. The lowest BCUT2D eigenvalue weighted by Gasteiger charge is -2.02. The average molecular weight is 257 g/mol. The first-order chi connectivity index (χ1) is 7.56. The Labute approximate surface area is 97.3 Å². The minimum Gasteiger partial charge on any atom is -0.389 e. The van der Waals surface area contributed by atoms with Crippen molar-refractivity contribution in [2.24, 2.45) is 7.05 Å². The highest BCUT2D eigenvalue weighted by Crippen LogP contribution is 2.29. The molecule has 0 aliphatic heterocycles. The normalized spacial score (nSPS) is 10.6. The molecule has 0 aliphatic rings. The largest absolute Gasteiger partial charge is 0.389 e.